The van der Waals surface area contributed by atoms with Gasteiger partial charge in [-0.05, 0) is 0 Å². The number of thioether (sulfide) groups is 1. The lowest BCUT2D eigenvalue weighted by atomic mass is 10.2. The minimum Gasteiger partial charge on any atom is -0.297 e. The van der Waals surface area contributed by atoms with Gasteiger partial charge in [0.2, 0.25) is 5.71 Å². The Kier molecular flexibility index (Phi) is 3.81. The number of aliphatic imine (C=N–C) groups is 2. The van der Waals surface area contributed by atoms with E-state index in [1.165, 1.54) is 18.7 Å². The van der Waals surface area contributed by atoms with Crippen LogP contribution in [0.5, 0.6) is 0 Å². The molecule has 0 unspecified atom stereocenters. The van der Waals surface area contributed by atoms with Gasteiger partial charge in [-0.2, -0.15) is 14.5 Å². The summed E-state index contributed by atoms with van der Waals surface area (Å²) in [4.78, 5) is 43.8. The Hall–Kier alpha value is -1.54. The summed E-state index contributed by atoms with van der Waals surface area (Å²) in [7, 11) is 2.89. The number of carbonyl (C=O) groups excluding carboxylic acids is 3. The molecule has 3 amide bonds. The van der Waals surface area contributed by atoms with Crippen molar-refractivity contribution in [2.24, 2.45) is 9.98 Å². The number of imide groups is 1. The summed E-state index contributed by atoms with van der Waals surface area (Å²) in [5.41, 5.74) is 0.116. The van der Waals surface area contributed by atoms with Gasteiger partial charge in [0, 0.05) is 0 Å². The number of amides is 3. The van der Waals surface area contributed by atoms with Crippen molar-refractivity contribution in [1.29, 1.82) is 0 Å². The van der Waals surface area contributed by atoms with Crippen LogP contribution < -0.4 is 0 Å². The number of Topliss-reactive ketones (excluding diaryl/α,β-unsaturated/α-hetero) is 1. The van der Waals surface area contributed by atoms with Gasteiger partial charge in [-0.3, -0.25) is 4.79 Å². The van der Waals surface area contributed by atoms with Crippen molar-refractivity contribution in [3.05, 3.63) is 0 Å². The average molecular weight is 302 g/mol. The highest BCUT2D eigenvalue weighted by molar-refractivity contribution is 8.14. The van der Waals surface area contributed by atoms with Crippen LogP contribution >= 0.6 is 23.4 Å². The molecule has 0 fully saturated rings. The molecule has 2 aliphatic rings. The maximum Gasteiger partial charge on any atom is 0.446 e. The Labute approximate surface area is 118 Å². The van der Waals surface area contributed by atoms with Gasteiger partial charge < -0.3 is 0 Å². The second-order valence-electron chi connectivity index (χ2n) is 3.85. The van der Waals surface area contributed by atoms with Crippen LogP contribution in [0, 0.1) is 0 Å². The van der Waals surface area contributed by atoms with Crippen LogP contribution in [0.2, 0.25) is 0 Å². The number of nitrogens with zero attached hydrogens (tertiary/aromatic N) is 4. The molecule has 2 rings (SSSR count). The van der Waals surface area contributed by atoms with Gasteiger partial charge in [-0.25, -0.2) is 9.59 Å². The molecule has 7 nitrogen and oxygen atoms in total. The van der Waals surface area contributed by atoms with Crippen LogP contribution in [-0.2, 0) is 9.59 Å². The zero-order valence-corrected chi connectivity index (χ0v) is 11.8. The van der Waals surface area contributed by atoms with E-state index in [0.29, 0.717) is 0 Å². The number of carbonyl (C=O) groups is 3. The molecule has 0 spiro atoms. The number of hydrogen-bond donors (Lipinski definition) is 0. The van der Waals surface area contributed by atoms with Crippen molar-refractivity contribution in [2.45, 2.75) is 0 Å². The molecule has 0 saturated heterocycles. The molecule has 0 saturated carbocycles. The highest BCUT2D eigenvalue weighted by Gasteiger charge is 2.44. The summed E-state index contributed by atoms with van der Waals surface area (Å²) in [5, 5.41) is 0.284. The van der Waals surface area contributed by atoms with E-state index in [2.05, 4.69) is 9.98 Å². The molecule has 0 aromatic rings. The molecule has 0 aromatic carbocycles. The Morgan fingerprint density at radius 3 is 2.74 bits per heavy atom. The molecular weight excluding hydrogens is 292 g/mol. The molecular formula is C10H10ClN4O3S+. The lowest BCUT2D eigenvalue weighted by Crippen LogP contribution is -2.51. The van der Waals surface area contributed by atoms with Gasteiger partial charge in [0.05, 0.1) is 25.7 Å². The van der Waals surface area contributed by atoms with Crippen LogP contribution in [0.1, 0.15) is 0 Å². The number of alkyl halides is 1. The quantitative estimate of drug-likeness (QED) is 0.541. The minimum atomic E-state index is -0.499. The van der Waals surface area contributed by atoms with Crippen LogP contribution in [0.4, 0.5) is 4.79 Å². The number of fused-ring (bicyclic) bond motifs is 1. The number of ketones is 1. The van der Waals surface area contributed by atoms with Gasteiger partial charge in [0.15, 0.2) is 5.78 Å². The number of urea groups is 1. The molecule has 100 valence electrons. The van der Waals surface area contributed by atoms with E-state index in [1.54, 1.807) is 0 Å². The summed E-state index contributed by atoms with van der Waals surface area (Å²) in [6, 6.07) is -0.467. The predicted octanol–water partition coefficient (Wildman–Crippen LogP) is -0.0291. The second kappa shape index (κ2) is 5.22. The summed E-state index contributed by atoms with van der Waals surface area (Å²) in [6.45, 7) is 0. The van der Waals surface area contributed by atoms with Crippen molar-refractivity contribution < 1.29 is 19.0 Å². The Balaban J connectivity index is 2.26. The maximum absolute atomic E-state index is 11.9. The monoisotopic (exact) mass is 301 g/mol. The Morgan fingerprint density at radius 1 is 1.42 bits per heavy atom. The Bertz CT molecular complexity index is 581. The molecule has 19 heavy (non-hydrogen) atoms. The van der Waals surface area contributed by atoms with Crippen molar-refractivity contribution in [1.82, 2.24) is 4.90 Å². The zero-order valence-electron chi connectivity index (χ0n) is 10.2. The standard InChI is InChI=1S/C10H10ClN4O3S/c1-14-7-6(8(17)15(2)10(14)18)12-9(13-7)19-4-5(16)3-11/h3-4H2,1-2H3/q+1. The zero-order chi connectivity index (χ0) is 14.2. The van der Waals surface area contributed by atoms with E-state index >= 15 is 0 Å². The van der Waals surface area contributed by atoms with E-state index in [-0.39, 0.29) is 34.1 Å². The van der Waals surface area contributed by atoms with Gasteiger partial charge in [-0.1, -0.05) is 16.8 Å². The van der Waals surface area contributed by atoms with Crippen molar-refractivity contribution in [3.8, 4) is 0 Å². The van der Waals surface area contributed by atoms with Gasteiger partial charge in [0.25, 0.3) is 5.17 Å². The van der Waals surface area contributed by atoms with Gasteiger partial charge in [0.1, 0.15) is 0 Å². The average Bonchev–Trinajstić information content (AvgIpc) is 2.84. The fourth-order valence-electron chi connectivity index (χ4n) is 1.50. The van der Waals surface area contributed by atoms with E-state index in [0.717, 1.165) is 16.7 Å². The van der Waals surface area contributed by atoms with E-state index in [4.69, 9.17) is 11.6 Å². The Morgan fingerprint density at radius 2 is 2.11 bits per heavy atom. The third-order valence-electron chi connectivity index (χ3n) is 2.53. The van der Waals surface area contributed by atoms with Gasteiger partial charge in [-0.15, -0.1) is 11.6 Å². The van der Waals surface area contributed by atoms with Gasteiger partial charge >= 0.3 is 17.8 Å². The summed E-state index contributed by atoms with van der Waals surface area (Å²) >= 11 is 6.47. The van der Waals surface area contributed by atoms with Crippen LogP contribution in [0.25, 0.3) is 0 Å². The van der Waals surface area contributed by atoms with Crippen LogP contribution in [0.3, 0.4) is 0 Å². The van der Waals surface area contributed by atoms with Crippen molar-refractivity contribution in [3.63, 3.8) is 0 Å². The predicted molar refractivity (Wildman–Crippen MR) is 72.4 cm³/mol. The summed E-state index contributed by atoms with van der Waals surface area (Å²) in [5.74, 6) is -0.376. The highest BCUT2D eigenvalue weighted by atomic mass is 35.5. The first-order chi connectivity index (χ1) is 8.95. The fraction of sp³-hybridized carbons (Fsp3) is 0.400. The number of amidine groups is 2. The largest absolute Gasteiger partial charge is 0.446 e. The molecule has 2 heterocycles. The summed E-state index contributed by atoms with van der Waals surface area (Å²) in [6.07, 6.45) is 0. The highest BCUT2D eigenvalue weighted by Crippen LogP contribution is 2.16. The van der Waals surface area contributed by atoms with E-state index in [1.807, 2.05) is 0 Å². The first kappa shape index (κ1) is 13.9. The molecule has 0 bridgehead atoms. The third-order valence-corrected chi connectivity index (χ3v) is 3.74. The molecule has 9 heteroatoms. The topological polar surface area (TPSA) is 82.2 Å². The van der Waals surface area contributed by atoms with Crippen LogP contribution in [-0.4, -0.2) is 69.6 Å². The molecule has 0 N–H and O–H groups in total. The first-order valence-corrected chi connectivity index (χ1v) is 6.78. The second-order valence-corrected chi connectivity index (χ2v) is 5.05. The molecule has 0 atom stereocenters. The fourth-order valence-corrected chi connectivity index (χ4v) is 2.41. The SMILES string of the molecule is CN1C(=O)C2=NC(SCC(=O)CCl)=NC2=[N+](C)C1=O. The maximum atomic E-state index is 11.9. The van der Waals surface area contributed by atoms with E-state index in [9.17, 15) is 14.4 Å². The van der Waals surface area contributed by atoms with Crippen molar-refractivity contribution >= 4 is 57.8 Å². The normalized spacial score (nSPS) is 18.6. The summed E-state index contributed by atoms with van der Waals surface area (Å²) < 4.78 is 1.25. The number of hydrogen-bond acceptors (Lipinski definition) is 6. The number of halogens is 1. The molecule has 0 aromatic heterocycles. The molecule has 0 aliphatic carbocycles. The van der Waals surface area contributed by atoms with Crippen molar-refractivity contribution in [2.75, 3.05) is 25.7 Å². The molecule has 2 aliphatic heterocycles. The molecule has 0 radical (unpaired) electrons. The number of rotatable bonds is 3. The van der Waals surface area contributed by atoms with Crippen LogP contribution in [0.15, 0.2) is 9.98 Å². The smallest absolute Gasteiger partial charge is 0.297 e. The minimum absolute atomic E-state index is 0.0759. The first-order valence-electron chi connectivity index (χ1n) is 5.26. The lowest BCUT2D eigenvalue weighted by molar-refractivity contribution is -0.401. The third kappa shape index (κ3) is 2.45. The van der Waals surface area contributed by atoms with E-state index < -0.39 is 11.9 Å². The lowest BCUT2D eigenvalue weighted by Gasteiger charge is -2.15.